The quantitative estimate of drug-likeness (QED) is 0.570. The van der Waals surface area contributed by atoms with Gasteiger partial charge in [-0.2, -0.15) is 0 Å². The summed E-state index contributed by atoms with van der Waals surface area (Å²) in [6, 6.07) is 8.16. The number of hydrogen-bond acceptors (Lipinski definition) is 4. The van der Waals surface area contributed by atoms with Crippen molar-refractivity contribution in [2.45, 2.75) is 0 Å². The zero-order chi connectivity index (χ0) is 15.3. The summed E-state index contributed by atoms with van der Waals surface area (Å²) in [6.07, 6.45) is 3.93. The molecule has 0 saturated heterocycles. The molecule has 0 spiro atoms. The van der Waals surface area contributed by atoms with Crippen molar-refractivity contribution in [3.05, 3.63) is 36.7 Å². The van der Waals surface area contributed by atoms with E-state index in [2.05, 4.69) is 38.2 Å². The molecule has 0 aliphatic rings. The second-order valence-electron chi connectivity index (χ2n) is 5.31. The fourth-order valence-electron chi connectivity index (χ4n) is 2.81. The highest BCUT2D eigenvalue weighted by Gasteiger charge is 2.12. The first-order chi connectivity index (χ1) is 10.7. The van der Waals surface area contributed by atoms with E-state index in [0.29, 0.717) is 5.88 Å². The molecular formula is C16H15N5O. The Labute approximate surface area is 126 Å². The molecule has 0 unspecified atom stereocenters. The first-order valence-electron chi connectivity index (χ1n) is 6.96. The Balaban J connectivity index is 1.98. The molecule has 1 aromatic carbocycles. The van der Waals surface area contributed by atoms with Crippen molar-refractivity contribution in [3.8, 4) is 17.0 Å². The van der Waals surface area contributed by atoms with E-state index in [-0.39, 0.29) is 0 Å². The van der Waals surface area contributed by atoms with Crippen LogP contribution in [0.2, 0.25) is 0 Å². The highest BCUT2D eigenvalue weighted by Crippen LogP contribution is 2.32. The summed E-state index contributed by atoms with van der Waals surface area (Å²) >= 11 is 0. The molecule has 0 saturated carbocycles. The third kappa shape index (κ3) is 1.77. The van der Waals surface area contributed by atoms with Crippen molar-refractivity contribution in [1.82, 2.24) is 24.5 Å². The summed E-state index contributed by atoms with van der Waals surface area (Å²) in [5, 5.41) is 9.36. The molecule has 0 amide bonds. The molecule has 3 heterocycles. The first kappa shape index (κ1) is 12.8. The van der Waals surface area contributed by atoms with Crippen molar-refractivity contribution in [2.24, 2.45) is 14.1 Å². The minimum atomic E-state index is 0.612. The zero-order valence-electron chi connectivity index (χ0n) is 12.6. The molecular weight excluding hydrogens is 278 g/mol. The van der Waals surface area contributed by atoms with Crippen molar-refractivity contribution in [3.63, 3.8) is 0 Å². The summed E-state index contributed by atoms with van der Waals surface area (Å²) in [5.74, 6) is 0.612. The van der Waals surface area contributed by atoms with Gasteiger partial charge in [-0.15, -0.1) is 5.10 Å². The second-order valence-corrected chi connectivity index (χ2v) is 5.31. The zero-order valence-corrected chi connectivity index (χ0v) is 12.6. The van der Waals surface area contributed by atoms with Crippen LogP contribution in [0.15, 0.2) is 36.7 Å². The Bertz CT molecular complexity index is 999. The van der Waals surface area contributed by atoms with E-state index in [4.69, 9.17) is 4.74 Å². The monoisotopic (exact) mass is 293 g/mol. The fourth-order valence-corrected chi connectivity index (χ4v) is 2.81. The highest BCUT2D eigenvalue weighted by atomic mass is 16.5. The number of methoxy groups -OCH3 is 1. The molecule has 4 aromatic rings. The molecule has 0 radical (unpaired) electrons. The van der Waals surface area contributed by atoms with Crippen LogP contribution in [0.5, 0.6) is 5.88 Å². The largest absolute Gasteiger partial charge is 0.481 e. The van der Waals surface area contributed by atoms with Crippen LogP contribution < -0.4 is 4.74 Å². The van der Waals surface area contributed by atoms with Gasteiger partial charge in [0.25, 0.3) is 0 Å². The van der Waals surface area contributed by atoms with E-state index in [9.17, 15) is 0 Å². The SMILES string of the molecule is COc1cc2c(-c3ccc4c(c3)nnn4C)cn(C)c2cn1. The van der Waals surface area contributed by atoms with E-state index in [1.165, 1.54) is 0 Å². The van der Waals surface area contributed by atoms with Crippen molar-refractivity contribution in [2.75, 3.05) is 7.11 Å². The van der Waals surface area contributed by atoms with Gasteiger partial charge in [0.15, 0.2) is 0 Å². The van der Waals surface area contributed by atoms with Crippen LogP contribution in [0.3, 0.4) is 0 Å². The molecule has 0 bridgehead atoms. The number of fused-ring (bicyclic) bond motifs is 2. The maximum absolute atomic E-state index is 5.25. The van der Waals surface area contributed by atoms with Crippen molar-refractivity contribution < 1.29 is 4.74 Å². The van der Waals surface area contributed by atoms with E-state index in [1.807, 2.05) is 32.4 Å². The Morgan fingerprint density at radius 1 is 1.09 bits per heavy atom. The minimum absolute atomic E-state index is 0.612. The summed E-state index contributed by atoms with van der Waals surface area (Å²) < 4.78 is 9.09. The number of aryl methyl sites for hydroxylation is 2. The van der Waals surface area contributed by atoms with Gasteiger partial charge in [-0.05, 0) is 17.7 Å². The summed E-state index contributed by atoms with van der Waals surface area (Å²) in [7, 11) is 5.53. The normalized spacial score (nSPS) is 11.4. The van der Waals surface area contributed by atoms with Crippen molar-refractivity contribution >= 4 is 21.9 Å². The molecule has 0 aliphatic heterocycles. The van der Waals surface area contributed by atoms with Gasteiger partial charge in [0.05, 0.1) is 24.3 Å². The van der Waals surface area contributed by atoms with E-state index in [0.717, 1.165) is 33.1 Å². The number of hydrogen-bond donors (Lipinski definition) is 0. The number of nitrogens with zero attached hydrogens (tertiary/aromatic N) is 5. The number of rotatable bonds is 2. The number of aromatic nitrogens is 5. The summed E-state index contributed by atoms with van der Waals surface area (Å²) in [4.78, 5) is 4.28. The number of ether oxygens (including phenoxy) is 1. The molecule has 0 aliphatic carbocycles. The van der Waals surface area contributed by atoms with Crippen LogP contribution in [0.1, 0.15) is 0 Å². The first-order valence-corrected chi connectivity index (χ1v) is 6.96. The molecule has 0 N–H and O–H groups in total. The third-order valence-corrected chi connectivity index (χ3v) is 3.98. The van der Waals surface area contributed by atoms with Crippen LogP contribution in [0.4, 0.5) is 0 Å². The Morgan fingerprint density at radius 2 is 1.95 bits per heavy atom. The molecule has 0 atom stereocenters. The summed E-state index contributed by atoms with van der Waals surface area (Å²) in [5.41, 5.74) is 5.20. The molecule has 22 heavy (non-hydrogen) atoms. The Morgan fingerprint density at radius 3 is 2.77 bits per heavy atom. The molecule has 6 nitrogen and oxygen atoms in total. The second kappa shape index (κ2) is 4.56. The Kier molecular flexibility index (Phi) is 2.66. The topological polar surface area (TPSA) is 57.8 Å². The van der Waals surface area contributed by atoms with Gasteiger partial charge in [0.1, 0.15) is 5.52 Å². The van der Waals surface area contributed by atoms with Crippen LogP contribution in [0.25, 0.3) is 33.1 Å². The average molecular weight is 293 g/mol. The van der Waals surface area contributed by atoms with Crippen LogP contribution in [-0.4, -0.2) is 31.7 Å². The van der Waals surface area contributed by atoms with Gasteiger partial charge < -0.3 is 9.30 Å². The number of pyridine rings is 1. The highest BCUT2D eigenvalue weighted by molar-refractivity contribution is 5.97. The minimum Gasteiger partial charge on any atom is -0.481 e. The van der Waals surface area contributed by atoms with Gasteiger partial charge >= 0.3 is 0 Å². The van der Waals surface area contributed by atoms with E-state index < -0.39 is 0 Å². The van der Waals surface area contributed by atoms with Crippen LogP contribution >= 0.6 is 0 Å². The maximum atomic E-state index is 5.25. The fraction of sp³-hybridized carbons (Fsp3) is 0.188. The maximum Gasteiger partial charge on any atom is 0.213 e. The molecule has 3 aromatic heterocycles. The third-order valence-electron chi connectivity index (χ3n) is 3.98. The predicted molar refractivity (Wildman–Crippen MR) is 84.8 cm³/mol. The molecule has 6 heteroatoms. The number of benzene rings is 1. The van der Waals surface area contributed by atoms with Crippen molar-refractivity contribution in [1.29, 1.82) is 0 Å². The van der Waals surface area contributed by atoms with Gasteiger partial charge in [-0.3, -0.25) is 0 Å². The van der Waals surface area contributed by atoms with Gasteiger partial charge in [0, 0.05) is 37.3 Å². The lowest BCUT2D eigenvalue weighted by molar-refractivity contribution is 0.398. The van der Waals surface area contributed by atoms with Gasteiger partial charge in [-0.1, -0.05) is 11.3 Å². The van der Waals surface area contributed by atoms with E-state index in [1.54, 1.807) is 11.8 Å². The lowest BCUT2D eigenvalue weighted by atomic mass is 10.0. The standard InChI is InChI=1S/C16H15N5O/c1-20-9-12(11-7-16(22-3)17-8-15(11)20)10-4-5-14-13(6-10)18-19-21(14)2/h4-9H,1-3H3. The lowest BCUT2D eigenvalue weighted by Crippen LogP contribution is -1.89. The molecule has 110 valence electrons. The summed E-state index contributed by atoms with van der Waals surface area (Å²) in [6.45, 7) is 0. The molecule has 0 fully saturated rings. The Hall–Kier alpha value is -2.89. The van der Waals surface area contributed by atoms with Gasteiger partial charge in [-0.25, -0.2) is 9.67 Å². The smallest absolute Gasteiger partial charge is 0.213 e. The van der Waals surface area contributed by atoms with Crippen LogP contribution in [-0.2, 0) is 14.1 Å². The predicted octanol–water partition coefficient (Wildman–Crippen LogP) is 2.53. The van der Waals surface area contributed by atoms with Gasteiger partial charge in [0.2, 0.25) is 5.88 Å². The van der Waals surface area contributed by atoms with E-state index >= 15 is 0 Å². The lowest BCUT2D eigenvalue weighted by Gasteiger charge is -2.02. The van der Waals surface area contributed by atoms with Crippen LogP contribution in [0, 0.1) is 0 Å². The molecule has 4 rings (SSSR count). The average Bonchev–Trinajstić information content (AvgIpc) is 3.08.